The Bertz CT molecular complexity index is 303. The van der Waals surface area contributed by atoms with E-state index < -0.39 is 0 Å². The maximum absolute atomic E-state index is 9.20. The van der Waals surface area contributed by atoms with Crippen LogP contribution in [0.15, 0.2) is 0 Å². The summed E-state index contributed by atoms with van der Waals surface area (Å²) in [6.07, 6.45) is 20.7. The molecule has 0 aromatic heterocycles. The van der Waals surface area contributed by atoms with Crippen molar-refractivity contribution in [1.82, 2.24) is 0 Å². The minimum Gasteiger partial charge on any atom is -0.394 e. The summed E-state index contributed by atoms with van der Waals surface area (Å²) < 4.78 is 0. The smallest absolute Gasteiger partial charge is 0.0611 e. The molecule has 2 aliphatic carbocycles. The van der Waals surface area contributed by atoms with E-state index in [0.29, 0.717) is 0 Å². The van der Waals surface area contributed by atoms with Crippen LogP contribution in [0.4, 0.5) is 0 Å². The van der Waals surface area contributed by atoms with Crippen molar-refractivity contribution in [3.63, 3.8) is 0 Å². The first kappa shape index (κ1) is 22.9. The van der Waals surface area contributed by atoms with Gasteiger partial charge in [0.1, 0.15) is 0 Å². The SMILES string of the molecule is NC1(CO)CCCCCCCC1.NC1(CO)CCCCCCCCC1. The van der Waals surface area contributed by atoms with Crippen molar-refractivity contribution in [3.8, 4) is 0 Å². The van der Waals surface area contributed by atoms with Gasteiger partial charge in [-0.25, -0.2) is 0 Å². The molecule has 0 amide bonds. The molecule has 25 heavy (non-hydrogen) atoms. The molecule has 4 heteroatoms. The zero-order valence-electron chi connectivity index (χ0n) is 16.5. The van der Waals surface area contributed by atoms with Crippen LogP contribution in [0, 0.1) is 0 Å². The van der Waals surface area contributed by atoms with Crippen molar-refractivity contribution < 1.29 is 10.2 Å². The minimum absolute atomic E-state index is 0.160. The molecule has 0 saturated heterocycles. The highest BCUT2D eigenvalue weighted by Crippen LogP contribution is 2.23. The molecule has 0 aliphatic heterocycles. The Kier molecular flexibility index (Phi) is 12.0. The molecule has 6 N–H and O–H groups in total. The summed E-state index contributed by atoms with van der Waals surface area (Å²) in [6, 6.07) is 0. The van der Waals surface area contributed by atoms with Crippen molar-refractivity contribution in [2.45, 2.75) is 120 Å². The fourth-order valence-electron chi connectivity index (χ4n) is 4.07. The first-order chi connectivity index (χ1) is 12.0. The van der Waals surface area contributed by atoms with E-state index in [0.717, 1.165) is 25.7 Å². The second-order valence-electron chi connectivity index (χ2n) is 8.64. The molecule has 150 valence electrons. The third-order valence-electron chi connectivity index (χ3n) is 6.08. The Labute approximate surface area is 155 Å². The lowest BCUT2D eigenvalue weighted by atomic mass is 9.87. The van der Waals surface area contributed by atoms with Crippen LogP contribution in [-0.4, -0.2) is 34.5 Å². The molecular weight excluding hydrogens is 312 g/mol. The summed E-state index contributed by atoms with van der Waals surface area (Å²) in [5.41, 5.74) is 11.6. The summed E-state index contributed by atoms with van der Waals surface area (Å²) in [6.45, 7) is 0.319. The van der Waals surface area contributed by atoms with Gasteiger partial charge in [0.25, 0.3) is 0 Å². The lowest BCUT2D eigenvalue weighted by Gasteiger charge is -2.28. The topological polar surface area (TPSA) is 92.5 Å². The summed E-state index contributed by atoms with van der Waals surface area (Å²) >= 11 is 0. The number of aliphatic hydroxyl groups is 2. The first-order valence-electron chi connectivity index (χ1n) is 10.8. The van der Waals surface area contributed by atoms with E-state index in [2.05, 4.69) is 0 Å². The van der Waals surface area contributed by atoms with E-state index in [1.807, 2.05) is 0 Å². The molecule has 0 atom stereocenters. The third kappa shape index (κ3) is 10.5. The summed E-state index contributed by atoms with van der Waals surface area (Å²) in [4.78, 5) is 0. The summed E-state index contributed by atoms with van der Waals surface area (Å²) in [5.74, 6) is 0. The van der Waals surface area contributed by atoms with Gasteiger partial charge in [-0.15, -0.1) is 0 Å². The second kappa shape index (κ2) is 13.1. The van der Waals surface area contributed by atoms with Gasteiger partial charge in [-0.05, 0) is 25.7 Å². The lowest BCUT2D eigenvalue weighted by Crippen LogP contribution is -2.43. The van der Waals surface area contributed by atoms with Crippen LogP contribution < -0.4 is 11.5 Å². The maximum atomic E-state index is 9.20. The Morgan fingerprint density at radius 1 is 0.440 bits per heavy atom. The molecule has 4 nitrogen and oxygen atoms in total. The Morgan fingerprint density at radius 3 is 0.840 bits per heavy atom. The van der Waals surface area contributed by atoms with E-state index in [1.165, 1.54) is 83.5 Å². The van der Waals surface area contributed by atoms with Crippen LogP contribution in [0.5, 0.6) is 0 Å². The Balaban J connectivity index is 0.000000251. The van der Waals surface area contributed by atoms with E-state index in [1.54, 1.807) is 0 Å². The van der Waals surface area contributed by atoms with Crippen LogP contribution in [0.1, 0.15) is 109 Å². The Morgan fingerprint density at radius 2 is 0.640 bits per heavy atom. The van der Waals surface area contributed by atoms with E-state index in [-0.39, 0.29) is 24.3 Å². The average Bonchev–Trinajstić information content (AvgIpc) is 2.74. The molecule has 2 fully saturated rings. The summed E-state index contributed by atoms with van der Waals surface area (Å²) in [7, 11) is 0. The number of rotatable bonds is 2. The van der Waals surface area contributed by atoms with Crippen LogP contribution >= 0.6 is 0 Å². The third-order valence-corrected chi connectivity index (χ3v) is 6.08. The van der Waals surface area contributed by atoms with Crippen LogP contribution in [0.2, 0.25) is 0 Å². The van der Waals surface area contributed by atoms with Crippen LogP contribution in [-0.2, 0) is 0 Å². The van der Waals surface area contributed by atoms with Gasteiger partial charge in [0.2, 0.25) is 0 Å². The molecular formula is C21H44N2O2. The van der Waals surface area contributed by atoms with Crippen molar-refractivity contribution in [2.75, 3.05) is 13.2 Å². The van der Waals surface area contributed by atoms with E-state index >= 15 is 0 Å². The van der Waals surface area contributed by atoms with Crippen molar-refractivity contribution in [2.24, 2.45) is 11.5 Å². The molecule has 0 spiro atoms. The highest BCUT2D eigenvalue weighted by molar-refractivity contribution is 4.84. The number of aliphatic hydroxyl groups excluding tert-OH is 2. The van der Waals surface area contributed by atoms with Crippen LogP contribution in [0.3, 0.4) is 0 Å². The highest BCUT2D eigenvalue weighted by atomic mass is 16.3. The summed E-state index contributed by atoms with van der Waals surface area (Å²) in [5, 5.41) is 18.3. The number of hydrogen-bond acceptors (Lipinski definition) is 4. The molecule has 0 aromatic carbocycles. The molecule has 0 aromatic rings. The van der Waals surface area contributed by atoms with E-state index in [9.17, 15) is 5.11 Å². The fraction of sp³-hybridized carbons (Fsp3) is 1.00. The molecule has 0 bridgehead atoms. The molecule has 2 rings (SSSR count). The van der Waals surface area contributed by atoms with Crippen molar-refractivity contribution in [1.29, 1.82) is 0 Å². The van der Waals surface area contributed by atoms with Gasteiger partial charge in [-0.2, -0.15) is 0 Å². The van der Waals surface area contributed by atoms with Crippen molar-refractivity contribution in [3.05, 3.63) is 0 Å². The van der Waals surface area contributed by atoms with Gasteiger partial charge in [0.05, 0.1) is 13.2 Å². The molecule has 0 heterocycles. The molecule has 0 unspecified atom stereocenters. The lowest BCUT2D eigenvalue weighted by molar-refractivity contribution is 0.170. The molecule has 2 saturated carbocycles. The van der Waals surface area contributed by atoms with Gasteiger partial charge in [0.15, 0.2) is 0 Å². The van der Waals surface area contributed by atoms with Gasteiger partial charge in [0, 0.05) is 11.1 Å². The normalized spacial score (nSPS) is 25.4. The highest BCUT2D eigenvalue weighted by Gasteiger charge is 2.24. The quantitative estimate of drug-likeness (QED) is 0.601. The Hall–Kier alpha value is -0.160. The first-order valence-corrected chi connectivity index (χ1v) is 10.8. The largest absolute Gasteiger partial charge is 0.394 e. The van der Waals surface area contributed by atoms with Crippen LogP contribution in [0.25, 0.3) is 0 Å². The molecule has 2 aliphatic rings. The fourth-order valence-corrected chi connectivity index (χ4v) is 4.07. The zero-order valence-corrected chi connectivity index (χ0v) is 16.5. The van der Waals surface area contributed by atoms with Gasteiger partial charge < -0.3 is 21.7 Å². The molecule has 0 radical (unpaired) electrons. The van der Waals surface area contributed by atoms with Gasteiger partial charge >= 0.3 is 0 Å². The number of hydrogen-bond donors (Lipinski definition) is 4. The standard InChI is InChI=1S/C11H23NO.C10H21NO/c12-11(10-13)8-6-4-2-1-3-5-7-9-11;11-10(9-12)7-5-3-1-2-4-6-8-10/h13H,1-10,12H2;12H,1-9,11H2. The number of nitrogens with two attached hydrogens (primary N) is 2. The minimum atomic E-state index is -0.267. The second-order valence-corrected chi connectivity index (χ2v) is 8.64. The zero-order chi connectivity index (χ0) is 18.4. The van der Waals surface area contributed by atoms with E-state index in [4.69, 9.17) is 16.6 Å². The van der Waals surface area contributed by atoms with Crippen molar-refractivity contribution >= 4 is 0 Å². The van der Waals surface area contributed by atoms with Gasteiger partial charge in [-0.3, -0.25) is 0 Å². The predicted octanol–water partition coefficient (Wildman–Crippen LogP) is 4.01. The predicted molar refractivity (Wildman–Crippen MR) is 106 cm³/mol. The average molecular weight is 357 g/mol. The maximum Gasteiger partial charge on any atom is 0.0611 e. The monoisotopic (exact) mass is 356 g/mol. The van der Waals surface area contributed by atoms with Gasteiger partial charge in [-0.1, -0.05) is 83.5 Å².